The molecule has 184 valence electrons. The Balaban J connectivity index is 1.30. The van der Waals surface area contributed by atoms with E-state index in [-0.39, 0.29) is 5.91 Å². The van der Waals surface area contributed by atoms with Crippen molar-refractivity contribution in [3.8, 4) is 11.3 Å². The first-order valence-electron chi connectivity index (χ1n) is 12.0. The molecule has 1 saturated heterocycles. The normalized spacial score (nSPS) is 16.4. The van der Waals surface area contributed by atoms with E-state index in [4.69, 9.17) is 16.7 Å². The average molecular weight is 503 g/mol. The maximum atomic E-state index is 13.0. The van der Waals surface area contributed by atoms with Gasteiger partial charge in [-0.1, -0.05) is 23.7 Å². The van der Waals surface area contributed by atoms with Crippen molar-refractivity contribution in [2.24, 2.45) is 0 Å². The maximum absolute atomic E-state index is 13.0. The molecule has 3 aromatic heterocycles. The van der Waals surface area contributed by atoms with Crippen LogP contribution >= 0.6 is 11.6 Å². The van der Waals surface area contributed by atoms with Crippen LogP contribution in [0, 0.1) is 0 Å². The summed E-state index contributed by atoms with van der Waals surface area (Å²) in [6, 6.07) is 13.2. The molecule has 36 heavy (non-hydrogen) atoms. The van der Waals surface area contributed by atoms with E-state index in [0.717, 1.165) is 30.9 Å². The number of hydrogen-bond donors (Lipinski definition) is 2. The van der Waals surface area contributed by atoms with Gasteiger partial charge in [-0.3, -0.25) is 4.79 Å². The lowest BCUT2D eigenvalue weighted by Crippen LogP contribution is -2.52. The van der Waals surface area contributed by atoms with Crippen LogP contribution < -0.4 is 15.5 Å². The molecule has 10 heteroatoms. The number of carbonyl (C=O) groups is 1. The highest BCUT2D eigenvalue weighted by Gasteiger charge is 2.45. The van der Waals surface area contributed by atoms with E-state index in [2.05, 4.69) is 31.6 Å². The fourth-order valence-corrected chi connectivity index (χ4v) is 4.86. The average Bonchev–Trinajstić information content (AvgIpc) is 3.51. The summed E-state index contributed by atoms with van der Waals surface area (Å²) >= 11 is 6.11. The van der Waals surface area contributed by atoms with Crippen molar-refractivity contribution >= 4 is 40.5 Å². The number of benzene rings is 1. The minimum absolute atomic E-state index is 0.113. The van der Waals surface area contributed by atoms with Crippen LogP contribution in [0.1, 0.15) is 23.2 Å². The Morgan fingerprint density at radius 2 is 1.92 bits per heavy atom. The van der Waals surface area contributed by atoms with Crippen molar-refractivity contribution in [3.05, 3.63) is 65.4 Å². The molecule has 2 aliphatic rings. The van der Waals surface area contributed by atoms with Crippen LogP contribution in [0.3, 0.4) is 0 Å². The Bertz CT molecular complexity index is 1430. The predicted octanol–water partition coefficient (Wildman–Crippen LogP) is 3.83. The minimum Gasteiger partial charge on any atom is -0.367 e. The minimum atomic E-state index is -0.113. The Labute approximate surface area is 214 Å². The Morgan fingerprint density at radius 1 is 1.11 bits per heavy atom. The molecule has 0 unspecified atom stereocenters. The van der Waals surface area contributed by atoms with Crippen LogP contribution in [-0.4, -0.2) is 69.7 Å². The fraction of sp³-hybridized carbons (Fsp3) is 0.308. The molecule has 2 N–H and O–H groups in total. The lowest BCUT2D eigenvalue weighted by atomic mass is 10.1. The van der Waals surface area contributed by atoms with Crippen LogP contribution in [0.4, 0.5) is 17.5 Å². The highest BCUT2D eigenvalue weighted by molar-refractivity contribution is 6.30. The highest BCUT2D eigenvalue weighted by Crippen LogP contribution is 2.38. The van der Waals surface area contributed by atoms with Crippen LogP contribution in [0.25, 0.3) is 16.8 Å². The lowest BCUT2D eigenvalue weighted by molar-refractivity contribution is 0.0828. The number of anilines is 3. The first-order valence-corrected chi connectivity index (χ1v) is 12.4. The van der Waals surface area contributed by atoms with Gasteiger partial charge in [-0.05, 0) is 43.2 Å². The summed E-state index contributed by atoms with van der Waals surface area (Å²) in [5, 5.41) is 12.2. The molecular formula is C26H27ClN8O. The summed E-state index contributed by atoms with van der Waals surface area (Å²) in [5.41, 5.74) is 4.20. The molecule has 1 aliphatic heterocycles. The van der Waals surface area contributed by atoms with Crippen LogP contribution in [-0.2, 0) is 0 Å². The summed E-state index contributed by atoms with van der Waals surface area (Å²) in [6.07, 6.45) is 6.08. The number of aromatic nitrogens is 4. The monoisotopic (exact) mass is 502 g/mol. The molecule has 1 aromatic carbocycles. The van der Waals surface area contributed by atoms with Gasteiger partial charge < -0.3 is 20.4 Å². The van der Waals surface area contributed by atoms with E-state index >= 15 is 0 Å². The number of nitrogens with zero attached hydrogens (tertiary/aromatic N) is 6. The number of amides is 1. The van der Waals surface area contributed by atoms with Gasteiger partial charge in [-0.15, -0.1) is 5.10 Å². The van der Waals surface area contributed by atoms with Gasteiger partial charge in [-0.25, -0.2) is 14.5 Å². The Hall–Kier alpha value is -3.69. The quantitative estimate of drug-likeness (QED) is 0.428. The molecule has 1 aliphatic carbocycles. The van der Waals surface area contributed by atoms with Crippen molar-refractivity contribution in [1.29, 1.82) is 0 Å². The first-order chi connectivity index (χ1) is 17.4. The van der Waals surface area contributed by atoms with Gasteiger partial charge in [0.2, 0.25) is 5.95 Å². The Morgan fingerprint density at radius 3 is 2.61 bits per heavy atom. The molecule has 2 fully saturated rings. The van der Waals surface area contributed by atoms with Crippen molar-refractivity contribution in [3.63, 3.8) is 0 Å². The van der Waals surface area contributed by atoms with Gasteiger partial charge in [0.05, 0.1) is 34.9 Å². The van der Waals surface area contributed by atoms with E-state index in [1.165, 1.54) is 12.8 Å². The molecule has 9 nitrogen and oxygen atoms in total. The fourth-order valence-electron chi connectivity index (χ4n) is 4.74. The highest BCUT2D eigenvalue weighted by atomic mass is 35.5. The zero-order chi connectivity index (χ0) is 24.9. The van der Waals surface area contributed by atoms with Crippen molar-refractivity contribution in [2.75, 3.05) is 43.9 Å². The Kier molecular flexibility index (Phi) is 5.54. The molecule has 4 heterocycles. The standard InChI is InChI=1S/C26H27ClN8O/c1-33(2)24(36)21-13-20-15-29-25(32-35(20)23(21)17-3-5-18(27)6-4-17)31-22-8-7-19(14-28-22)34-12-11-30-26(16-34)9-10-26/h3-8,13-15,30H,9-12,16H2,1-2H3,(H,28,31,32). The van der Waals surface area contributed by atoms with Gasteiger partial charge in [0.1, 0.15) is 5.82 Å². The van der Waals surface area contributed by atoms with E-state index < -0.39 is 0 Å². The second-order valence-electron chi connectivity index (χ2n) is 9.69. The van der Waals surface area contributed by atoms with E-state index in [1.54, 1.807) is 41.8 Å². The van der Waals surface area contributed by atoms with E-state index in [9.17, 15) is 4.79 Å². The number of pyridine rings is 1. The molecule has 4 aromatic rings. The first kappa shape index (κ1) is 22.8. The predicted molar refractivity (Wildman–Crippen MR) is 141 cm³/mol. The zero-order valence-corrected chi connectivity index (χ0v) is 21.0. The van der Waals surface area contributed by atoms with Crippen molar-refractivity contribution < 1.29 is 4.79 Å². The molecule has 0 radical (unpaired) electrons. The molecule has 0 bridgehead atoms. The third kappa shape index (κ3) is 4.25. The van der Waals surface area contributed by atoms with Crippen LogP contribution in [0.5, 0.6) is 0 Å². The van der Waals surface area contributed by atoms with Crippen LogP contribution in [0.2, 0.25) is 5.02 Å². The van der Waals surface area contributed by atoms with E-state index in [0.29, 0.717) is 39.1 Å². The number of carbonyl (C=O) groups excluding carboxylic acids is 1. The molecule has 1 spiro atoms. The second kappa shape index (κ2) is 8.76. The summed E-state index contributed by atoms with van der Waals surface area (Å²) < 4.78 is 1.74. The molecule has 1 amide bonds. The van der Waals surface area contributed by atoms with Crippen molar-refractivity contribution in [1.82, 2.24) is 29.8 Å². The zero-order valence-electron chi connectivity index (χ0n) is 20.2. The number of hydrogen-bond acceptors (Lipinski definition) is 7. The summed E-state index contributed by atoms with van der Waals surface area (Å²) in [7, 11) is 3.46. The lowest BCUT2D eigenvalue weighted by Gasteiger charge is -2.35. The third-order valence-corrected chi connectivity index (χ3v) is 7.11. The van der Waals surface area contributed by atoms with Gasteiger partial charge in [0.25, 0.3) is 5.91 Å². The molecule has 1 saturated carbocycles. The van der Waals surface area contributed by atoms with Gasteiger partial charge in [0.15, 0.2) is 0 Å². The number of rotatable bonds is 5. The number of halogens is 1. The van der Waals surface area contributed by atoms with Crippen LogP contribution in [0.15, 0.2) is 54.9 Å². The van der Waals surface area contributed by atoms with E-state index in [1.807, 2.05) is 30.5 Å². The SMILES string of the molecule is CN(C)C(=O)c1cc2cnc(Nc3ccc(N4CCNC5(CC5)C4)cn3)nn2c1-c1ccc(Cl)cc1. The summed E-state index contributed by atoms with van der Waals surface area (Å²) in [4.78, 5) is 26.0. The summed E-state index contributed by atoms with van der Waals surface area (Å²) in [5.74, 6) is 0.925. The second-order valence-corrected chi connectivity index (χ2v) is 10.1. The summed E-state index contributed by atoms with van der Waals surface area (Å²) in [6.45, 7) is 3.00. The van der Waals surface area contributed by atoms with Gasteiger partial charge in [-0.2, -0.15) is 0 Å². The number of piperazine rings is 1. The molecule has 0 atom stereocenters. The largest absolute Gasteiger partial charge is 0.367 e. The topological polar surface area (TPSA) is 90.7 Å². The molecule has 6 rings (SSSR count). The van der Waals surface area contributed by atoms with Gasteiger partial charge >= 0.3 is 0 Å². The maximum Gasteiger partial charge on any atom is 0.255 e. The third-order valence-electron chi connectivity index (χ3n) is 6.85. The van der Waals surface area contributed by atoms with Crippen molar-refractivity contribution in [2.45, 2.75) is 18.4 Å². The smallest absolute Gasteiger partial charge is 0.255 e. The van der Waals surface area contributed by atoms with Gasteiger partial charge in [0, 0.05) is 49.9 Å². The molecular weight excluding hydrogens is 476 g/mol. The number of fused-ring (bicyclic) bond motifs is 1. The number of nitrogens with one attached hydrogen (secondary N) is 2.